The van der Waals surface area contributed by atoms with E-state index in [2.05, 4.69) is 10.6 Å². The molecule has 1 aliphatic heterocycles. The summed E-state index contributed by atoms with van der Waals surface area (Å²) in [4.78, 5) is 24.8. The Hall–Kier alpha value is -2.60. The Labute approximate surface area is 155 Å². The standard InChI is InChI=1S/C20H19FN2O2S/c1-22-20(25)14-5-2-13(3-6-14)4-9-19(24)23-17-10-11-26-18-8-7-15(21)12-16(17)18/h2-9,12,17H,10-11H2,1H3,(H,22,25)(H,23,24)/b9-4+. The van der Waals surface area contributed by atoms with Crippen molar-refractivity contribution in [2.24, 2.45) is 0 Å². The summed E-state index contributed by atoms with van der Waals surface area (Å²) in [6, 6.07) is 11.5. The summed E-state index contributed by atoms with van der Waals surface area (Å²) in [7, 11) is 1.58. The van der Waals surface area contributed by atoms with Gasteiger partial charge in [-0.15, -0.1) is 11.8 Å². The summed E-state index contributed by atoms with van der Waals surface area (Å²) >= 11 is 1.68. The van der Waals surface area contributed by atoms with Crippen LogP contribution in [-0.4, -0.2) is 24.6 Å². The average molecular weight is 370 g/mol. The van der Waals surface area contributed by atoms with Crippen molar-refractivity contribution in [2.45, 2.75) is 17.4 Å². The highest BCUT2D eigenvalue weighted by molar-refractivity contribution is 7.99. The van der Waals surface area contributed by atoms with E-state index in [1.807, 2.05) is 0 Å². The second-order valence-corrected chi connectivity index (χ2v) is 7.05. The third-order valence-electron chi connectivity index (χ3n) is 4.15. The first kappa shape index (κ1) is 18.2. The minimum atomic E-state index is -0.294. The number of amides is 2. The number of halogens is 1. The van der Waals surface area contributed by atoms with Gasteiger partial charge in [0.15, 0.2) is 0 Å². The van der Waals surface area contributed by atoms with Gasteiger partial charge in [0, 0.05) is 29.3 Å². The first-order valence-electron chi connectivity index (χ1n) is 8.30. The van der Waals surface area contributed by atoms with Crippen molar-refractivity contribution >= 4 is 29.7 Å². The molecule has 0 aliphatic carbocycles. The van der Waals surface area contributed by atoms with E-state index in [0.29, 0.717) is 5.56 Å². The Bertz CT molecular complexity index is 849. The van der Waals surface area contributed by atoms with Gasteiger partial charge in [0.25, 0.3) is 5.91 Å². The molecule has 2 aromatic carbocycles. The number of thioether (sulfide) groups is 1. The van der Waals surface area contributed by atoms with Gasteiger partial charge in [-0.2, -0.15) is 0 Å². The third kappa shape index (κ3) is 4.32. The van der Waals surface area contributed by atoms with E-state index in [1.165, 1.54) is 18.2 Å². The number of hydrogen-bond donors (Lipinski definition) is 2. The van der Waals surface area contributed by atoms with Gasteiger partial charge in [-0.05, 0) is 54.0 Å². The van der Waals surface area contributed by atoms with Crippen LogP contribution < -0.4 is 10.6 Å². The molecule has 2 N–H and O–H groups in total. The molecule has 0 saturated carbocycles. The third-order valence-corrected chi connectivity index (χ3v) is 5.28. The van der Waals surface area contributed by atoms with Gasteiger partial charge in [-0.25, -0.2) is 4.39 Å². The van der Waals surface area contributed by atoms with Gasteiger partial charge in [-0.3, -0.25) is 9.59 Å². The van der Waals surface area contributed by atoms with Crippen molar-refractivity contribution in [3.63, 3.8) is 0 Å². The minimum absolute atomic E-state index is 0.153. The van der Waals surface area contributed by atoms with E-state index in [9.17, 15) is 14.0 Å². The summed E-state index contributed by atoms with van der Waals surface area (Å²) in [6.07, 6.45) is 3.91. The maximum atomic E-state index is 13.5. The van der Waals surface area contributed by atoms with Crippen LogP contribution in [-0.2, 0) is 4.79 Å². The number of rotatable bonds is 4. The van der Waals surface area contributed by atoms with Crippen molar-refractivity contribution in [1.82, 2.24) is 10.6 Å². The lowest BCUT2D eigenvalue weighted by molar-refractivity contribution is -0.117. The first-order valence-corrected chi connectivity index (χ1v) is 9.28. The molecule has 0 spiro atoms. The summed E-state index contributed by atoms with van der Waals surface area (Å²) in [5.41, 5.74) is 2.21. The van der Waals surface area contributed by atoms with Gasteiger partial charge >= 0.3 is 0 Å². The van der Waals surface area contributed by atoms with Crippen LogP contribution in [0.15, 0.2) is 53.4 Å². The quantitative estimate of drug-likeness (QED) is 0.809. The second kappa shape index (κ2) is 8.19. The lowest BCUT2D eigenvalue weighted by atomic mass is 10.0. The largest absolute Gasteiger partial charge is 0.355 e. The SMILES string of the molecule is CNC(=O)c1ccc(/C=C/C(=O)NC2CCSc3ccc(F)cc32)cc1. The summed E-state index contributed by atoms with van der Waals surface area (Å²) in [6.45, 7) is 0. The van der Waals surface area contributed by atoms with E-state index >= 15 is 0 Å². The number of benzene rings is 2. The van der Waals surface area contributed by atoms with Crippen LogP contribution in [0.1, 0.15) is 33.9 Å². The molecule has 6 heteroatoms. The van der Waals surface area contributed by atoms with Crippen molar-refractivity contribution < 1.29 is 14.0 Å². The van der Waals surface area contributed by atoms with Gasteiger partial charge in [0.05, 0.1) is 6.04 Å². The summed E-state index contributed by atoms with van der Waals surface area (Å²) in [5, 5.41) is 5.50. The van der Waals surface area contributed by atoms with Crippen LogP contribution >= 0.6 is 11.8 Å². The smallest absolute Gasteiger partial charge is 0.251 e. The zero-order valence-corrected chi connectivity index (χ0v) is 15.1. The molecular weight excluding hydrogens is 351 g/mol. The van der Waals surface area contributed by atoms with Crippen LogP contribution in [0.25, 0.3) is 6.08 Å². The highest BCUT2D eigenvalue weighted by atomic mass is 32.2. The Kier molecular flexibility index (Phi) is 5.73. The molecule has 0 bridgehead atoms. The first-order chi connectivity index (χ1) is 12.6. The Morgan fingerprint density at radius 3 is 2.69 bits per heavy atom. The maximum absolute atomic E-state index is 13.5. The number of nitrogens with one attached hydrogen (secondary N) is 2. The van der Waals surface area contributed by atoms with E-state index < -0.39 is 0 Å². The van der Waals surface area contributed by atoms with Gasteiger partial charge < -0.3 is 10.6 Å². The lowest BCUT2D eigenvalue weighted by Gasteiger charge is -2.25. The number of carbonyl (C=O) groups is 2. The molecule has 0 radical (unpaired) electrons. The molecule has 1 aliphatic rings. The van der Waals surface area contributed by atoms with E-state index in [-0.39, 0.29) is 23.7 Å². The molecule has 4 nitrogen and oxygen atoms in total. The molecule has 0 saturated heterocycles. The molecular formula is C20H19FN2O2S. The fraction of sp³-hybridized carbons (Fsp3) is 0.200. The lowest BCUT2D eigenvalue weighted by Crippen LogP contribution is -2.29. The predicted molar refractivity (Wildman–Crippen MR) is 101 cm³/mol. The van der Waals surface area contributed by atoms with E-state index in [1.54, 1.807) is 55.2 Å². The highest BCUT2D eigenvalue weighted by Crippen LogP contribution is 2.36. The topological polar surface area (TPSA) is 58.2 Å². The van der Waals surface area contributed by atoms with Crippen molar-refractivity contribution in [3.8, 4) is 0 Å². The molecule has 1 unspecified atom stereocenters. The van der Waals surface area contributed by atoms with Crippen molar-refractivity contribution in [2.75, 3.05) is 12.8 Å². The Morgan fingerprint density at radius 1 is 1.19 bits per heavy atom. The number of hydrogen-bond acceptors (Lipinski definition) is 3. The molecule has 1 heterocycles. The van der Waals surface area contributed by atoms with Crippen molar-refractivity contribution in [1.29, 1.82) is 0 Å². The van der Waals surface area contributed by atoms with E-state index in [4.69, 9.17) is 0 Å². The maximum Gasteiger partial charge on any atom is 0.251 e. The van der Waals surface area contributed by atoms with Crippen LogP contribution in [0.4, 0.5) is 4.39 Å². The molecule has 2 amide bonds. The zero-order valence-electron chi connectivity index (χ0n) is 14.3. The molecule has 3 rings (SSSR count). The summed E-state index contributed by atoms with van der Waals surface area (Å²) in [5.74, 6) is 0.206. The fourth-order valence-corrected chi connectivity index (χ4v) is 3.90. The molecule has 134 valence electrons. The fourth-order valence-electron chi connectivity index (χ4n) is 2.80. The average Bonchev–Trinajstić information content (AvgIpc) is 2.66. The molecule has 0 fully saturated rings. The van der Waals surface area contributed by atoms with Crippen molar-refractivity contribution in [3.05, 3.63) is 71.0 Å². The molecule has 0 aromatic heterocycles. The predicted octanol–water partition coefficient (Wildman–Crippen LogP) is 3.55. The molecule has 1 atom stereocenters. The minimum Gasteiger partial charge on any atom is -0.355 e. The van der Waals surface area contributed by atoms with Gasteiger partial charge in [0.2, 0.25) is 5.91 Å². The van der Waals surface area contributed by atoms with Gasteiger partial charge in [0.1, 0.15) is 5.82 Å². The van der Waals surface area contributed by atoms with E-state index in [0.717, 1.165) is 28.2 Å². The number of carbonyl (C=O) groups excluding carboxylic acids is 2. The molecule has 26 heavy (non-hydrogen) atoms. The van der Waals surface area contributed by atoms with Crippen LogP contribution in [0, 0.1) is 5.82 Å². The van der Waals surface area contributed by atoms with Crippen LogP contribution in [0.5, 0.6) is 0 Å². The van der Waals surface area contributed by atoms with Gasteiger partial charge in [-0.1, -0.05) is 12.1 Å². The monoisotopic (exact) mass is 370 g/mol. The number of fused-ring (bicyclic) bond motifs is 1. The molecule has 2 aromatic rings. The second-order valence-electron chi connectivity index (χ2n) is 5.91. The normalized spacial score (nSPS) is 16.2. The summed E-state index contributed by atoms with van der Waals surface area (Å²) < 4.78 is 13.5. The zero-order chi connectivity index (χ0) is 18.5. The Balaban J connectivity index is 1.65. The highest BCUT2D eigenvalue weighted by Gasteiger charge is 2.22. The van der Waals surface area contributed by atoms with Crippen LogP contribution in [0.2, 0.25) is 0 Å². The Morgan fingerprint density at radius 2 is 1.96 bits per heavy atom. The van der Waals surface area contributed by atoms with Crippen LogP contribution in [0.3, 0.4) is 0 Å².